The van der Waals surface area contributed by atoms with Crippen molar-refractivity contribution >= 4 is 45.0 Å². The Kier molecular flexibility index (Phi) is 6.10. The number of para-hydroxylation sites is 2. The maximum atomic E-state index is 13.9. The summed E-state index contributed by atoms with van der Waals surface area (Å²) in [6.45, 7) is 0. The van der Waals surface area contributed by atoms with Gasteiger partial charge in [0.15, 0.2) is 11.6 Å². The zero-order chi connectivity index (χ0) is 27.8. The van der Waals surface area contributed by atoms with E-state index in [1.807, 2.05) is 127 Å². The number of benzene rings is 6. The molecule has 0 aliphatic heterocycles. The molecule has 0 aromatic heterocycles. The van der Waals surface area contributed by atoms with Gasteiger partial charge in [0.1, 0.15) is 0 Å². The van der Waals surface area contributed by atoms with E-state index in [-0.39, 0.29) is 17.1 Å². The first-order valence-electron chi connectivity index (χ1n) is 13.6. The predicted octanol–water partition coefficient (Wildman–Crippen LogP) is 9.19. The molecule has 0 spiro atoms. The van der Waals surface area contributed by atoms with Crippen molar-refractivity contribution < 1.29 is 9.59 Å². The minimum Gasteiger partial charge on any atom is -0.311 e. The van der Waals surface area contributed by atoms with Crippen molar-refractivity contribution in [3.8, 4) is 0 Å². The standard InChI is InChI=1S/C38H25NO2/c40-37-33-24-28-14-10-11-15-29(28)25-34(33)38(41)36(37)35(26-12-4-1-5-13-26)27-20-22-32(23-21-27)39(30-16-6-2-7-17-30)31-18-8-3-9-19-31/h1-25H. The Morgan fingerprint density at radius 1 is 0.415 bits per heavy atom. The predicted molar refractivity (Wildman–Crippen MR) is 166 cm³/mol. The smallest absolute Gasteiger partial charge is 0.198 e. The van der Waals surface area contributed by atoms with Crippen molar-refractivity contribution in [2.24, 2.45) is 0 Å². The van der Waals surface area contributed by atoms with Crippen LogP contribution < -0.4 is 4.90 Å². The van der Waals surface area contributed by atoms with E-state index < -0.39 is 0 Å². The maximum absolute atomic E-state index is 13.9. The van der Waals surface area contributed by atoms with Crippen LogP contribution >= 0.6 is 0 Å². The second-order valence-corrected chi connectivity index (χ2v) is 10.1. The van der Waals surface area contributed by atoms with Crippen molar-refractivity contribution in [3.05, 3.63) is 179 Å². The van der Waals surface area contributed by atoms with Gasteiger partial charge in [-0.05, 0) is 70.4 Å². The number of Topliss-reactive ketones (excluding diaryl/α,β-unsaturated/α-hetero) is 2. The van der Waals surface area contributed by atoms with E-state index in [0.29, 0.717) is 16.7 Å². The topological polar surface area (TPSA) is 37.4 Å². The van der Waals surface area contributed by atoms with Gasteiger partial charge in [-0.3, -0.25) is 9.59 Å². The number of fused-ring (bicyclic) bond motifs is 2. The molecule has 194 valence electrons. The van der Waals surface area contributed by atoms with Crippen LogP contribution in [0.15, 0.2) is 157 Å². The van der Waals surface area contributed by atoms with E-state index in [0.717, 1.165) is 39.0 Å². The van der Waals surface area contributed by atoms with Crippen LogP contribution in [0.1, 0.15) is 31.8 Å². The SMILES string of the molecule is O=C1C(=C(c2ccccc2)c2ccc(N(c3ccccc3)c3ccccc3)cc2)C(=O)c2cc3ccccc3cc21. The third-order valence-corrected chi connectivity index (χ3v) is 7.58. The summed E-state index contributed by atoms with van der Waals surface area (Å²) in [5.41, 5.74) is 6.50. The molecule has 0 N–H and O–H groups in total. The van der Waals surface area contributed by atoms with E-state index in [2.05, 4.69) is 29.2 Å². The summed E-state index contributed by atoms with van der Waals surface area (Å²) in [6.07, 6.45) is 0. The fraction of sp³-hybridized carbons (Fsp3) is 0. The third-order valence-electron chi connectivity index (χ3n) is 7.58. The van der Waals surface area contributed by atoms with E-state index in [9.17, 15) is 9.59 Å². The third kappa shape index (κ3) is 4.34. The number of carbonyl (C=O) groups is 2. The monoisotopic (exact) mass is 527 g/mol. The van der Waals surface area contributed by atoms with Crippen LogP contribution in [0.5, 0.6) is 0 Å². The van der Waals surface area contributed by atoms with Crippen LogP contribution in [-0.4, -0.2) is 11.6 Å². The molecule has 0 fully saturated rings. The summed E-state index contributed by atoms with van der Waals surface area (Å²) in [5.74, 6) is -0.456. The van der Waals surface area contributed by atoms with Gasteiger partial charge in [-0.1, -0.05) is 103 Å². The second kappa shape index (κ2) is 10.2. The maximum Gasteiger partial charge on any atom is 0.198 e. The number of rotatable bonds is 5. The summed E-state index contributed by atoms with van der Waals surface area (Å²) in [4.78, 5) is 30.0. The lowest BCUT2D eigenvalue weighted by Crippen LogP contribution is -2.10. The molecule has 1 aliphatic rings. The number of hydrogen-bond acceptors (Lipinski definition) is 3. The van der Waals surface area contributed by atoms with Gasteiger partial charge in [-0.2, -0.15) is 0 Å². The molecule has 7 rings (SSSR count). The quantitative estimate of drug-likeness (QED) is 0.166. The highest BCUT2D eigenvalue weighted by Crippen LogP contribution is 2.39. The first-order chi connectivity index (χ1) is 20.2. The van der Waals surface area contributed by atoms with Crippen molar-refractivity contribution in [2.45, 2.75) is 0 Å². The zero-order valence-electron chi connectivity index (χ0n) is 22.2. The van der Waals surface area contributed by atoms with Crippen LogP contribution in [0.2, 0.25) is 0 Å². The fourth-order valence-electron chi connectivity index (χ4n) is 5.65. The molecule has 6 aromatic carbocycles. The molecule has 6 aromatic rings. The van der Waals surface area contributed by atoms with Crippen LogP contribution in [0.25, 0.3) is 16.3 Å². The van der Waals surface area contributed by atoms with Crippen molar-refractivity contribution in [3.63, 3.8) is 0 Å². The van der Waals surface area contributed by atoms with Crippen LogP contribution in [0.3, 0.4) is 0 Å². The van der Waals surface area contributed by atoms with Gasteiger partial charge in [0.05, 0.1) is 5.57 Å². The van der Waals surface area contributed by atoms with E-state index in [1.54, 1.807) is 0 Å². The molecule has 3 nitrogen and oxygen atoms in total. The molecule has 0 radical (unpaired) electrons. The molecule has 0 unspecified atom stereocenters. The average molecular weight is 528 g/mol. The average Bonchev–Trinajstić information content (AvgIpc) is 3.27. The fourth-order valence-corrected chi connectivity index (χ4v) is 5.65. The van der Waals surface area contributed by atoms with Crippen LogP contribution in [0, 0.1) is 0 Å². The minimum absolute atomic E-state index is 0.220. The van der Waals surface area contributed by atoms with E-state index >= 15 is 0 Å². The number of carbonyl (C=O) groups excluding carboxylic acids is 2. The number of allylic oxidation sites excluding steroid dienone is 1. The Balaban J connectivity index is 1.38. The van der Waals surface area contributed by atoms with Gasteiger partial charge in [0.25, 0.3) is 0 Å². The number of ketones is 2. The lowest BCUT2D eigenvalue weighted by Gasteiger charge is -2.25. The summed E-state index contributed by atoms with van der Waals surface area (Å²) in [6, 6.07) is 49.8. The van der Waals surface area contributed by atoms with Gasteiger partial charge < -0.3 is 4.90 Å². The molecule has 0 saturated carbocycles. The molecule has 3 heteroatoms. The highest BCUT2D eigenvalue weighted by Gasteiger charge is 2.36. The number of hydrogen-bond donors (Lipinski definition) is 0. The van der Waals surface area contributed by atoms with Crippen molar-refractivity contribution in [1.29, 1.82) is 0 Å². The van der Waals surface area contributed by atoms with Gasteiger partial charge in [-0.25, -0.2) is 0 Å². The van der Waals surface area contributed by atoms with Gasteiger partial charge >= 0.3 is 0 Å². The lowest BCUT2D eigenvalue weighted by molar-refractivity contribution is 0.0990. The van der Waals surface area contributed by atoms with Crippen LogP contribution in [-0.2, 0) is 0 Å². The largest absolute Gasteiger partial charge is 0.311 e. The Morgan fingerprint density at radius 3 is 1.29 bits per heavy atom. The highest BCUT2D eigenvalue weighted by atomic mass is 16.2. The lowest BCUT2D eigenvalue weighted by atomic mass is 9.90. The Bertz CT molecular complexity index is 1850. The highest BCUT2D eigenvalue weighted by molar-refractivity contribution is 6.43. The Labute approximate surface area is 238 Å². The Morgan fingerprint density at radius 2 is 0.805 bits per heavy atom. The van der Waals surface area contributed by atoms with Crippen molar-refractivity contribution in [2.75, 3.05) is 4.90 Å². The molecule has 0 atom stereocenters. The summed E-state index contributed by atoms with van der Waals surface area (Å²) in [7, 11) is 0. The van der Waals surface area contributed by atoms with Gasteiger partial charge in [0.2, 0.25) is 0 Å². The molecule has 0 bridgehead atoms. The number of anilines is 3. The molecule has 41 heavy (non-hydrogen) atoms. The van der Waals surface area contributed by atoms with E-state index in [1.165, 1.54) is 0 Å². The molecule has 0 saturated heterocycles. The normalized spacial score (nSPS) is 12.4. The Hall–Kier alpha value is -5.54. The molecular formula is C38H25NO2. The zero-order valence-corrected chi connectivity index (χ0v) is 22.2. The number of nitrogens with zero attached hydrogens (tertiary/aromatic N) is 1. The van der Waals surface area contributed by atoms with E-state index in [4.69, 9.17) is 0 Å². The second-order valence-electron chi connectivity index (χ2n) is 10.1. The first-order valence-corrected chi connectivity index (χ1v) is 13.6. The molecular weight excluding hydrogens is 502 g/mol. The van der Waals surface area contributed by atoms with Crippen molar-refractivity contribution in [1.82, 2.24) is 0 Å². The summed E-state index contributed by atoms with van der Waals surface area (Å²) in [5, 5.41) is 1.89. The minimum atomic E-state index is -0.228. The van der Waals surface area contributed by atoms with Gasteiger partial charge in [0, 0.05) is 33.8 Å². The molecule has 0 heterocycles. The summed E-state index contributed by atoms with van der Waals surface area (Å²) >= 11 is 0. The molecule has 0 amide bonds. The first kappa shape index (κ1) is 24.5. The molecule has 1 aliphatic carbocycles. The van der Waals surface area contributed by atoms with Crippen LogP contribution in [0.4, 0.5) is 17.1 Å². The van der Waals surface area contributed by atoms with Gasteiger partial charge in [-0.15, -0.1) is 0 Å². The summed E-state index contributed by atoms with van der Waals surface area (Å²) < 4.78 is 0.